The van der Waals surface area contributed by atoms with Crippen LogP contribution in [-0.2, 0) is 0 Å². The molecule has 1 saturated heterocycles. The Hall–Kier alpha value is -1.09. The number of piperidine rings is 1. The lowest BCUT2D eigenvalue weighted by molar-refractivity contribution is 0.380. The van der Waals surface area contributed by atoms with Crippen LogP contribution in [0.4, 0.5) is 10.1 Å². The molecule has 0 amide bonds. The van der Waals surface area contributed by atoms with Gasteiger partial charge in [0.25, 0.3) is 0 Å². The minimum atomic E-state index is -0.179. The molecule has 2 atom stereocenters. The summed E-state index contributed by atoms with van der Waals surface area (Å²) in [5.41, 5.74) is 7.30. The highest BCUT2D eigenvalue weighted by atomic mass is 19.1. The normalized spacial score (nSPS) is 25.0. The van der Waals surface area contributed by atoms with E-state index < -0.39 is 0 Å². The molecule has 1 aromatic carbocycles. The van der Waals surface area contributed by atoms with Crippen LogP contribution in [0.25, 0.3) is 0 Å². The first-order valence-electron chi connectivity index (χ1n) is 6.50. The van der Waals surface area contributed by atoms with Gasteiger partial charge in [-0.1, -0.05) is 13.3 Å². The van der Waals surface area contributed by atoms with Crippen LogP contribution in [0.1, 0.15) is 32.6 Å². The SMILES string of the molecule is CCCC1C(N)CCCN1c1ccc(F)cc1. The highest BCUT2D eigenvalue weighted by Gasteiger charge is 2.28. The molecular formula is C14H21FN2. The molecule has 17 heavy (non-hydrogen) atoms. The van der Waals surface area contributed by atoms with Crippen molar-refractivity contribution in [3.63, 3.8) is 0 Å². The Morgan fingerprint density at radius 3 is 2.71 bits per heavy atom. The quantitative estimate of drug-likeness (QED) is 0.874. The summed E-state index contributed by atoms with van der Waals surface area (Å²) in [6.45, 7) is 3.22. The fraction of sp³-hybridized carbons (Fsp3) is 0.571. The van der Waals surface area contributed by atoms with E-state index in [0.717, 1.165) is 37.9 Å². The van der Waals surface area contributed by atoms with Crippen LogP contribution >= 0.6 is 0 Å². The lowest BCUT2D eigenvalue weighted by Crippen LogP contribution is -2.52. The van der Waals surface area contributed by atoms with E-state index in [0.29, 0.717) is 6.04 Å². The summed E-state index contributed by atoms with van der Waals surface area (Å²) < 4.78 is 12.9. The van der Waals surface area contributed by atoms with Gasteiger partial charge in [0.2, 0.25) is 0 Å². The van der Waals surface area contributed by atoms with Crippen molar-refractivity contribution in [3.8, 4) is 0 Å². The fourth-order valence-corrected chi connectivity index (χ4v) is 2.71. The van der Waals surface area contributed by atoms with Gasteiger partial charge < -0.3 is 10.6 Å². The summed E-state index contributed by atoms with van der Waals surface area (Å²) in [6.07, 6.45) is 4.47. The van der Waals surface area contributed by atoms with E-state index in [1.807, 2.05) is 12.1 Å². The molecule has 0 saturated carbocycles. The second-order valence-electron chi connectivity index (χ2n) is 4.83. The Kier molecular flexibility index (Phi) is 4.00. The van der Waals surface area contributed by atoms with E-state index in [1.165, 1.54) is 12.1 Å². The molecule has 2 rings (SSSR count). The van der Waals surface area contributed by atoms with Gasteiger partial charge in [0.1, 0.15) is 5.82 Å². The Morgan fingerprint density at radius 2 is 2.06 bits per heavy atom. The molecule has 0 bridgehead atoms. The lowest BCUT2D eigenvalue weighted by Gasteiger charge is -2.41. The number of benzene rings is 1. The summed E-state index contributed by atoms with van der Waals surface area (Å²) in [4.78, 5) is 2.34. The van der Waals surface area contributed by atoms with Crippen molar-refractivity contribution >= 4 is 5.69 Å². The molecule has 0 aromatic heterocycles. The Balaban J connectivity index is 2.18. The van der Waals surface area contributed by atoms with Crippen molar-refractivity contribution in [1.29, 1.82) is 0 Å². The maximum absolute atomic E-state index is 12.9. The molecule has 1 aliphatic heterocycles. The van der Waals surface area contributed by atoms with Gasteiger partial charge in [-0.25, -0.2) is 4.39 Å². The highest BCUT2D eigenvalue weighted by molar-refractivity contribution is 5.48. The molecule has 2 N–H and O–H groups in total. The first-order chi connectivity index (χ1) is 8.22. The minimum absolute atomic E-state index is 0.179. The van der Waals surface area contributed by atoms with Crippen LogP contribution in [0.3, 0.4) is 0 Å². The maximum Gasteiger partial charge on any atom is 0.123 e. The average Bonchev–Trinajstić information content (AvgIpc) is 2.33. The minimum Gasteiger partial charge on any atom is -0.367 e. The molecule has 3 heteroatoms. The van der Waals surface area contributed by atoms with Gasteiger partial charge in [0, 0.05) is 24.3 Å². The van der Waals surface area contributed by atoms with Crippen LogP contribution in [0, 0.1) is 5.82 Å². The maximum atomic E-state index is 12.9. The van der Waals surface area contributed by atoms with Crippen LogP contribution in [-0.4, -0.2) is 18.6 Å². The van der Waals surface area contributed by atoms with Crippen molar-refractivity contribution in [2.45, 2.75) is 44.7 Å². The number of nitrogens with two attached hydrogens (primary N) is 1. The second-order valence-corrected chi connectivity index (χ2v) is 4.83. The van der Waals surface area contributed by atoms with Crippen LogP contribution < -0.4 is 10.6 Å². The lowest BCUT2D eigenvalue weighted by atomic mass is 9.93. The Bertz CT molecular complexity index is 350. The van der Waals surface area contributed by atoms with Crippen LogP contribution in [0.5, 0.6) is 0 Å². The molecule has 0 radical (unpaired) electrons. The summed E-state index contributed by atoms with van der Waals surface area (Å²) in [7, 11) is 0. The third-order valence-electron chi connectivity index (χ3n) is 3.57. The van der Waals surface area contributed by atoms with Crippen molar-refractivity contribution in [3.05, 3.63) is 30.1 Å². The summed E-state index contributed by atoms with van der Waals surface area (Å²) in [5, 5.41) is 0. The third kappa shape index (κ3) is 2.78. The van der Waals surface area contributed by atoms with Gasteiger partial charge in [-0.2, -0.15) is 0 Å². The topological polar surface area (TPSA) is 29.3 Å². The van der Waals surface area contributed by atoms with Gasteiger partial charge in [0.15, 0.2) is 0 Å². The van der Waals surface area contributed by atoms with E-state index >= 15 is 0 Å². The zero-order chi connectivity index (χ0) is 12.3. The van der Waals surface area contributed by atoms with Crippen molar-refractivity contribution in [1.82, 2.24) is 0 Å². The number of hydrogen-bond acceptors (Lipinski definition) is 2. The van der Waals surface area contributed by atoms with E-state index in [9.17, 15) is 4.39 Å². The molecule has 2 nitrogen and oxygen atoms in total. The molecule has 0 aliphatic carbocycles. The fourth-order valence-electron chi connectivity index (χ4n) is 2.71. The Morgan fingerprint density at radius 1 is 1.35 bits per heavy atom. The summed E-state index contributed by atoms with van der Waals surface area (Å²) >= 11 is 0. The van der Waals surface area contributed by atoms with Gasteiger partial charge in [-0.3, -0.25) is 0 Å². The smallest absolute Gasteiger partial charge is 0.123 e. The van der Waals surface area contributed by atoms with E-state index in [4.69, 9.17) is 5.73 Å². The van der Waals surface area contributed by atoms with Gasteiger partial charge in [0.05, 0.1) is 0 Å². The van der Waals surface area contributed by atoms with E-state index in [1.54, 1.807) is 0 Å². The largest absolute Gasteiger partial charge is 0.367 e. The van der Waals surface area contributed by atoms with Crippen LogP contribution in [0.2, 0.25) is 0 Å². The van der Waals surface area contributed by atoms with Crippen molar-refractivity contribution < 1.29 is 4.39 Å². The molecule has 0 spiro atoms. The molecule has 1 aliphatic rings. The number of rotatable bonds is 3. The van der Waals surface area contributed by atoms with Gasteiger partial charge in [-0.05, 0) is 43.5 Å². The van der Waals surface area contributed by atoms with E-state index in [2.05, 4.69) is 11.8 Å². The zero-order valence-electron chi connectivity index (χ0n) is 10.4. The number of anilines is 1. The predicted octanol–water partition coefficient (Wildman–Crippen LogP) is 2.92. The standard InChI is InChI=1S/C14H21FN2/c1-2-4-14-13(16)5-3-10-17(14)12-8-6-11(15)7-9-12/h6-9,13-14H,2-5,10,16H2,1H3. The predicted molar refractivity (Wildman–Crippen MR) is 69.7 cm³/mol. The van der Waals surface area contributed by atoms with Gasteiger partial charge in [-0.15, -0.1) is 0 Å². The van der Waals surface area contributed by atoms with Crippen molar-refractivity contribution in [2.24, 2.45) is 5.73 Å². The highest BCUT2D eigenvalue weighted by Crippen LogP contribution is 2.26. The second kappa shape index (κ2) is 5.50. The molecule has 94 valence electrons. The molecule has 1 aromatic rings. The first kappa shape index (κ1) is 12.4. The number of halogens is 1. The molecular weight excluding hydrogens is 215 g/mol. The zero-order valence-corrected chi connectivity index (χ0v) is 10.4. The first-order valence-corrected chi connectivity index (χ1v) is 6.50. The number of nitrogens with zero attached hydrogens (tertiary/aromatic N) is 1. The third-order valence-corrected chi connectivity index (χ3v) is 3.57. The molecule has 1 fully saturated rings. The number of hydrogen-bond donors (Lipinski definition) is 1. The van der Waals surface area contributed by atoms with Crippen molar-refractivity contribution in [2.75, 3.05) is 11.4 Å². The van der Waals surface area contributed by atoms with Gasteiger partial charge >= 0.3 is 0 Å². The van der Waals surface area contributed by atoms with E-state index in [-0.39, 0.29) is 11.9 Å². The molecule has 1 heterocycles. The molecule has 2 unspecified atom stereocenters. The summed E-state index contributed by atoms with van der Waals surface area (Å²) in [5.74, 6) is -0.179. The van der Waals surface area contributed by atoms with Crippen LogP contribution in [0.15, 0.2) is 24.3 Å². The summed E-state index contributed by atoms with van der Waals surface area (Å²) in [6, 6.07) is 7.41. The average molecular weight is 236 g/mol. The Labute approximate surface area is 103 Å². The monoisotopic (exact) mass is 236 g/mol.